The summed E-state index contributed by atoms with van der Waals surface area (Å²) < 4.78 is 27.5. The fourth-order valence-electron chi connectivity index (χ4n) is 1.75. The first-order valence-electron chi connectivity index (χ1n) is 5.93. The van der Waals surface area contributed by atoms with Crippen molar-refractivity contribution in [1.29, 1.82) is 5.26 Å². The molecule has 2 aromatic carbocycles. The molecule has 0 bridgehead atoms. The molecule has 0 atom stereocenters. The lowest BCUT2D eigenvalue weighted by molar-refractivity contribution is 0.101. The lowest BCUT2D eigenvalue weighted by Crippen LogP contribution is -2.16. The molecule has 1 N–H and O–H groups in total. The van der Waals surface area contributed by atoms with Crippen LogP contribution in [0.5, 0.6) is 0 Å². The molecular formula is C15H9BrF2N2O. The summed E-state index contributed by atoms with van der Waals surface area (Å²) in [5.74, 6) is -2.76. The van der Waals surface area contributed by atoms with Crippen LogP contribution in [0.25, 0.3) is 0 Å². The van der Waals surface area contributed by atoms with Gasteiger partial charge in [0.1, 0.15) is 17.2 Å². The maximum Gasteiger partial charge on any atom is 0.261 e. The summed E-state index contributed by atoms with van der Waals surface area (Å²) in [6.45, 7) is 0. The highest BCUT2D eigenvalue weighted by atomic mass is 79.9. The SMILES string of the molecule is N#CCc1ccc(NC(=O)c2c(F)cc(Br)cc2F)cc1. The number of hydrogen-bond donors (Lipinski definition) is 1. The molecule has 0 aliphatic heterocycles. The highest BCUT2D eigenvalue weighted by molar-refractivity contribution is 9.10. The van der Waals surface area contributed by atoms with Crippen molar-refractivity contribution < 1.29 is 13.6 Å². The van der Waals surface area contributed by atoms with Crippen molar-refractivity contribution in [3.8, 4) is 6.07 Å². The third-order valence-electron chi connectivity index (χ3n) is 2.73. The van der Waals surface area contributed by atoms with E-state index in [2.05, 4.69) is 21.2 Å². The fourth-order valence-corrected chi connectivity index (χ4v) is 2.15. The molecule has 6 heteroatoms. The van der Waals surface area contributed by atoms with Crippen molar-refractivity contribution in [3.63, 3.8) is 0 Å². The van der Waals surface area contributed by atoms with Crippen molar-refractivity contribution in [2.24, 2.45) is 0 Å². The number of nitriles is 1. The van der Waals surface area contributed by atoms with Crippen LogP contribution in [0.2, 0.25) is 0 Å². The van der Waals surface area contributed by atoms with Crippen molar-refractivity contribution in [3.05, 3.63) is 63.6 Å². The Morgan fingerprint density at radius 3 is 2.29 bits per heavy atom. The third-order valence-corrected chi connectivity index (χ3v) is 3.19. The van der Waals surface area contributed by atoms with E-state index in [0.29, 0.717) is 5.69 Å². The van der Waals surface area contributed by atoms with Crippen LogP contribution in [0, 0.1) is 23.0 Å². The van der Waals surface area contributed by atoms with Gasteiger partial charge in [-0.1, -0.05) is 28.1 Å². The monoisotopic (exact) mass is 350 g/mol. The number of carbonyl (C=O) groups excluding carboxylic acids is 1. The first kappa shape index (κ1) is 15.1. The van der Waals surface area contributed by atoms with E-state index in [-0.39, 0.29) is 10.9 Å². The summed E-state index contributed by atoms with van der Waals surface area (Å²) in [4.78, 5) is 11.9. The van der Waals surface area contributed by atoms with Gasteiger partial charge in [0.25, 0.3) is 5.91 Å². The second-order valence-corrected chi connectivity index (χ2v) is 5.15. The topological polar surface area (TPSA) is 52.9 Å². The molecule has 0 radical (unpaired) electrons. The third kappa shape index (κ3) is 3.64. The van der Waals surface area contributed by atoms with E-state index in [9.17, 15) is 13.6 Å². The average Bonchev–Trinajstić information content (AvgIpc) is 2.40. The van der Waals surface area contributed by atoms with E-state index in [1.165, 1.54) is 0 Å². The number of nitrogens with one attached hydrogen (secondary N) is 1. The molecule has 0 unspecified atom stereocenters. The zero-order valence-corrected chi connectivity index (χ0v) is 12.2. The van der Waals surface area contributed by atoms with Crippen molar-refractivity contribution in [1.82, 2.24) is 0 Å². The van der Waals surface area contributed by atoms with Gasteiger partial charge in [-0.05, 0) is 29.8 Å². The lowest BCUT2D eigenvalue weighted by Gasteiger charge is -2.08. The van der Waals surface area contributed by atoms with Gasteiger partial charge in [0.2, 0.25) is 0 Å². The molecule has 106 valence electrons. The Kier molecular flexibility index (Phi) is 4.66. The molecule has 3 nitrogen and oxygen atoms in total. The quantitative estimate of drug-likeness (QED) is 0.907. The molecular weight excluding hydrogens is 342 g/mol. The zero-order valence-electron chi connectivity index (χ0n) is 10.7. The first-order chi connectivity index (χ1) is 10.0. The van der Waals surface area contributed by atoms with E-state index >= 15 is 0 Å². The molecule has 0 aliphatic carbocycles. The molecule has 0 fully saturated rings. The Bertz CT molecular complexity index is 700. The van der Waals surface area contributed by atoms with Crippen LogP contribution in [0.15, 0.2) is 40.9 Å². The highest BCUT2D eigenvalue weighted by Crippen LogP contribution is 2.21. The summed E-state index contributed by atoms with van der Waals surface area (Å²) in [5, 5.41) is 11.0. The summed E-state index contributed by atoms with van der Waals surface area (Å²) in [7, 11) is 0. The number of amides is 1. The van der Waals surface area contributed by atoms with E-state index in [4.69, 9.17) is 5.26 Å². The average molecular weight is 351 g/mol. The molecule has 0 saturated heterocycles. The molecule has 0 spiro atoms. The minimum Gasteiger partial charge on any atom is -0.322 e. The number of anilines is 1. The molecule has 0 heterocycles. The van der Waals surface area contributed by atoms with Gasteiger partial charge in [-0.15, -0.1) is 0 Å². The number of halogens is 3. The maximum atomic E-state index is 13.7. The van der Waals surface area contributed by atoms with Gasteiger partial charge < -0.3 is 5.32 Å². The Hall–Kier alpha value is -2.26. The number of carbonyl (C=O) groups is 1. The molecule has 21 heavy (non-hydrogen) atoms. The Labute approximate surface area is 128 Å². The second kappa shape index (κ2) is 6.46. The normalized spacial score (nSPS) is 10.0. The predicted molar refractivity (Wildman–Crippen MR) is 77.8 cm³/mol. The Morgan fingerprint density at radius 2 is 1.76 bits per heavy atom. The summed E-state index contributed by atoms with van der Waals surface area (Å²) >= 11 is 2.95. The Morgan fingerprint density at radius 1 is 1.19 bits per heavy atom. The second-order valence-electron chi connectivity index (χ2n) is 4.23. The largest absolute Gasteiger partial charge is 0.322 e. The van der Waals surface area contributed by atoms with Crippen LogP contribution >= 0.6 is 15.9 Å². The standard InChI is InChI=1S/C15H9BrF2N2O/c16-10-7-12(17)14(13(18)8-10)15(21)20-11-3-1-9(2-4-11)5-6-19/h1-4,7-8H,5H2,(H,20,21). The molecule has 0 aromatic heterocycles. The molecule has 1 amide bonds. The van der Waals surface area contributed by atoms with Crippen LogP contribution in [0.1, 0.15) is 15.9 Å². The number of nitrogens with zero attached hydrogens (tertiary/aromatic N) is 1. The minimum atomic E-state index is -0.944. The van der Waals surface area contributed by atoms with E-state index < -0.39 is 23.1 Å². The van der Waals surface area contributed by atoms with Gasteiger partial charge in [-0.25, -0.2) is 8.78 Å². The minimum absolute atomic E-state index is 0.218. The van der Waals surface area contributed by atoms with Crippen LogP contribution < -0.4 is 5.32 Å². The van der Waals surface area contributed by atoms with Crippen LogP contribution in [0.3, 0.4) is 0 Å². The van der Waals surface area contributed by atoms with Crippen molar-refractivity contribution in [2.45, 2.75) is 6.42 Å². The zero-order chi connectivity index (χ0) is 15.4. The van der Waals surface area contributed by atoms with E-state index in [1.807, 2.05) is 6.07 Å². The molecule has 0 saturated carbocycles. The molecule has 2 aromatic rings. The van der Waals surface area contributed by atoms with Crippen molar-refractivity contribution in [2.75, 3.05) is 5.32 Å². The van der Waals surface area contributed by atoms with E-state index in [0.717, 1.165) is 17.7 Å². The highest BCUT2D eigenvalue weighted by Gasteiger charge is 2.18. The summed E-state index contributed by atoms with van der Waals surface area (Å²) in [6, 6.07) is 10.5. The van der Waals surface area contributed by atoms with Gasteiger partial charge in [-0.2, -0.15) is 5.26 Å². The van der Waals surface area contributed by atoms with Crippen LogP contribution in [0.4, 0.5) is 14.5 Å². The number of hydrogen-bond acceptors (Lipinski definition) is 2. The Balaban J connectivity index is 2.20. The maximum absolute atomic E-state index is 13.7. The van der Waals surface area contributed by atoms with Gasteiger partial charge in [-0.3, -0.25) is 4.79 Å². The predicted octanol–water partition coefficient (Wildman–Crippen LogP) is 4.05. The van der Waals surface area contributed by atoms with E-state index in [1.54, 1.807) is 24.3 Å². The van der Waals surface area contributed by atoms with Crippen LogP contribution in [-0.2, 0) is 6.42 Å². The summed E-state index contributed by atoms with van der Waals surface area (Å²) in [5.41, 5.74) is 0.541. The molecule has 2 rings (SSSR count). The molecule has 0 aliphatic rings. The number of benzene rings is 2. The first-order valence-corrected chi connectivity index (χ1v) is 6.72. The van der Waals surface area contributed by atoms with Gasteiger partial charge in [0.15, 0.2) is 0 Å². The lowest BCUT2D eigenvalue weighted by atomic mass is 10.1. The van der Waals surface area contributed by atoms with Gasteiger partial charge in [0.05, 0.1) is 12.5 Å². The van der Waals surface area contributed by atoms with Gasteiger partial charge >= 0.3 is 0 Å². The van der Waals surface area contributed by atoms with Gasteiger partial charge in [0, 0.05) is 10.2 Å². The van der Waals surface area contributed by atoms with Crippen LogP contribution in [-0.4, -0.2) is 5.91 Å². The fraction of sp³-hybridized carbons (Fsp3) is 0.0667. The van der Waals surface area contributed by atoms with Crippen molar-refractivity contribution >= 4 is 27.5 Å². The summed E-state index contributed by atoms with van der Waals surface area (Å²) in [6.07, 6.45) is 0.254. The number of rotatable bonds is 3. The smallest absolute Gasteiger partial charge is 0.261 e.